The summed E-state index contributed by atoms with van der Waals surface area (Å²) in [5, 5.41) is 9.26. The zero-order valence-corrected chi connectivity index (χ0v) is 11.6. The first-order valence-electron chi connectivity index (χ1n) is 6.37. The van der Waals surface area contributed by atoms with Crippen LogP contribution >= 0.6 is 11.6 Å². The maximum Gasteiger partial charge on any atom is 0.335 e. The highest BCUT2D eigenvalue weighted by Crippen LogP contribution is 2.21. The van der Waals surface area contributed by atoms with Gasteiger partial charge in [0, 0.05) is 19.7 Å². The number of nitrogens with zero attached hydrogens (tertiary/aromatic N) is 2. The minimum Gasteiger partial charge on any atom is -0.478 e. The van der Waals surface area contributed by atoms with E-state index in [1.165, 1.54) is 6.07 Å². The largest absolute Gasteiger partial charge is 0.478 e. The molecule has 0 bridgehead atoms. The first-order valence-corrected chi connectivity index (χ1v) is 6.75. The Morgan fingerprint density at radius 3 is 3.11 bits per heavy atom. The molecule has 1 aliphatic rings. The van der Waals surface area contributed by atoms with Gasteiger partial charge in [0.2, 0.25) is 0 Å². The number of carboxylic acid groups (broad SMARTS) is 1. The summed E-state index contributed by atoms with van der Waals surface area (Å²) in [4.78, 5) is 17.3. The Labute approximate surface area is 117 Å². The first-order chi connectivity index (χ1) is 9.10. The van der Waals surface area contributed by atoms with Crippen LogP contribution in [0.1, 0.15) is 30.1 Å². The van der Waals surface area contributed by atoms with Gasteiger partial charge in [-0.3, -0.25) is 0 Å². The highest BCUT2D eigenvalue weighted by atomic mass is 35.5. The van der Waals surface area contributed by atoms with E-state index in [4.69, 9.17) is 21.4 Å². The van der Waals surface area contributed by atoms with Crippen LogP contribution in [-0.4, -0.2) is 41.9 Å². The van der Waals surface area contributed by atoms with Crippen LogP contribution in [0.4, 0.5) is 5.82 Å². The molecule has 104 valence electrons. The molecule has 1 N–H and O–H groups in total. The molecule has 1 fully saturated rings. The number of aromatic nitrogens is 1. The summed E-state index contributed by atoms with van der Waals surface area (Å²) < 4.78 is 5.69. The van der Waals surface area contributed by atoms with Crippen molar-refractivity contribution in [1.29, 1.82) is 0 Å². The third-order valence-corrected chi connectivity index (χ3v) is 3.35. The summed E-state index contributed by atoms with van der Waals surface area (Å²) in [6.45, 7) is 4.30. The van der Waals surface area contributed by atoms with E-state index < -0.39 is 5.97 Å². The molecule has 1 aromatic heterocycles. The van der Waals surface area contributed by atoms with Crippen LogP contribution in [-0.2, 0) is 4.74 Å². The molecule has 2 rings (SSSR count). The van der Waals surface area contributed by atoms with Gasteiger partial charge in [-0.15, -0.1) is 0 Å². The molecule has 19 heavy (non-hydrogen) atoms. The number of carbonyl (C=O) groups is 1. The Morgan fingerprint density at radius 2 is 2.42 bits per heavy atom. The van der Waals surface area contributed by atoms with Crippen molar-refractivity contribution in [3.8, 4) is 0 Å². The van der Waals surface area contributed by atoms with E-state index in [0.29, 0.717) is 12.4 Å². The standard InChI is InChI=1S/C13H17ClN2O3/c1-2-10-8-16(4-3-5-19-10)12-7-9(13(17)18)6-11(14)15-12/h6-7,10H,2-5,8H2,1H3,(H,17,18). The lowest BCUT2D eigenvalue weighted by molar-refractivity contribution is 0.0664. The van der Waals surface area contributed by atoms with Gasteiger partial charge >= 0.3 is 5.97 Å². The Morgan fingerprint density at radius 1 is 1.63 bits per heavy atom. The van der Waals surface area contributed by atoms with Crippen LogP contribution in [0.3, 0.4) is 0 Å². The molecule has 5 nitrogen and oxygen atoms in total. The molecule has 0 spiro atoms. The third-order valence-electron chi connectivity index (χ3n) is 3.16. The fourth-order valence-electron chi connectivity index (χ4n) is 2.12. The predicted molar refractivity (Wildman–Crippen MR) is 73.1 cm³/mol. The van der Waals surface area contributed by atoms with Gasteiger partial charge in [-0.25, -0.2) is 9.78 Å². The maximum absolute atomic E-state index is 11.0. The van der Waals surface area contributed by atoms with Crippen LogP contribution in [0.15, 0.2) is 12.1 Å². The van der Waals surface area contributed by atoms with Gasteiger partial charge in [0.15, 0.2) is 0 Å². The zero-order valence-electron chi connectivity index (χ0n) is 10.8. The molecule has 1 unspecified atom stereocenters. The van der Waals surface area contributed by atoms with E-state index in [2.05, 4.69) is 11.9 Å². The van der Waals surface area contributed by atoms with E-state index in [0.717, 1.165) is 26.0 Å². The molecular formula is C13H17ClN2O3. The number of anilines is 1. The fourth-order valence-corrected chi connectivity index (χ4v) is 2.32. The van der Waals surface area contributed by atoms with E-state index in [1.54, 1.807) is 6.07 Å². The third kappa shape index (κ3) is 3.58. The van der Waals surface area contributed by atoms with Gasteiger partial charge in [-0.05, 0) is 25.0 Å². The summed E-state index contributed by atoms with van der Waals surface area (Å²) in [5.41, 5.74) is 0.160. The molecule has 1 aromatic rings. The SMILES string of the molecule is CCC1CN(c2cc(C(=O)O)cc(Cl)n2)CCCO1. The Bertz CT molecular complexity index is 467. The van der Waals surface area contributed by atoms with Gasteiger partial charge in [-0.1, -0.05) is 18.5 Å². The summed E-state index contributed by atoms with van der Waals surface area (Å²) in [5.74, 6) is -0.391. The lowest BCUT2D eigenvalue weighted by Crippen LogP contribution is -2.32. The second kappa shape index (κ2) is 6.21. The van der Waals surface area contributed by atoms with Crippen molar-refractivity contribution in [2.75, 3.05) is 24.6 Å². The summed E-state index contributed by atoms with van der Waals surface area (Å²) in [7, 11) is 0. The minimum absolute atomic E-state index is 0.150. The van der Waals surface area contributed by atoms with Crippen molar-refractivity contribution in [3.63, 3.8) is 0 Å². The quantitative estimate of drug-likeness (QED) is 0.864. The molecule has 0 saturated carbocycles. The van der Waals surface area contributed by atoms with Gasteiger partial charge in [0.25, 0.3) is 0 Å². The number of hydrogen-bond donors (Lipinski definition) is 1. The number of aromatic carboxylic acids is 1. The van der Waals surface area contributed by atoms with Crippen LogP contribution in [0.2, 0.25) is 5.15 Å². The predicted octanol–water partition coefficient (Wildman–Crippen LogP) is 2.44. The molecule has 1 saturated heterocycles. The number of carboxylic acids is 1. The molecule has 1 aliphatic heterocycles. The minimum atomic E-state index is -0.997. The van der Waals surface area contributed by atoms with Crippen LogP contribution in [0.25, 0.3) is 0 Å². The smallest absolute Gasteiger partial charge is 0.335 e. The molecule has 0 aromatic carbocycles. The number of ether oxygens (including phenoxy) is 1. The molecule has 6 heteroatoms. The monoisotopic (exact) mass is 284 g/mol. The van der Waals surface area contributed by atoms with Gasteiger partial charge in [0.05, 0.1) is 11.7 Å². The summed E-state index contributed by atoms with van der Waals surface area (Å²) in [6, 6.07) is 2.92. The fraction of sp³-hybridized carbons (Fsp3) is 0.538. The average molecular weight is 285 g/mol. The van der Waals surface area contributed by atoms with Gasteiger partial charge in [0.1, 0.15) is 11.0 Å². The van der Waals surface area contributed by atoms with Crippen molar-refractivity contribution in [2.24, 2.45) is 0 Å². The maximum atomic E-state index is 11.0. The molecule has 1 atom stereocenters. The van der Waals surface area contributed by atoms with Crippen molar-refractivity contribution in [3.05, 3.63) is 22.8 Å². The van der Waals surface area contributed by atoms with Crippen LogP contribution in [0.5, 0.6) is 0 Å². The van der Waals surface area contributed by atoms with Crippen molar-refractivity contribution in [2.45, 2.75) is 25.9 Å². The van der Waals surface area contributed by atoms with Crippen molar-refractivity contribution < 1.29 is 14.6 Å². The lowest BCUT2D eigenvalue weighted by Gasteiger charge is -2.24. The Hall–Kier alpha value is -1.33. The van der Waals surface area contributed by atoms with Gasteiger partial charge in [-0.2, -0.15) is 0 Å². The summed E-state index contributed by atoms with van der Waals surface area (Å²) >= 11 is 5.89. The van der Waals surface area contributed by atoms with E-state index in [-0.39, 0.29) is 16.8 Å². The molecule has 0 radical (unpaired) electrons. The molecule has 0 aliphatic carbocycles. The summed E-state index contributed by atoms with van der Waals surface area (Å²) in [6.07, 6.45) is 1.97. The van der Waals surface area contributed by atoms with E-state index >= 15 is 0 Å². The van der Waals surface area contributed by atoms with E-state index in [9.17, 15) is 4.79 Å². The Balaban J connectivity index is 2.26. The molecule has 2 heterocycles. The lowest BCUT2D eigenvalue weighted by atomic mass is 10.2. The number of rotatable bonds is 3. The second-order valence-electron chi connectivity index (χ2n) is 4.54. The normalized spacial score (nSPS) is 20.1. The Kier molecular flexibility index (Phi) is 4.61. The average Bonchev–Trinajstić information content (AvgIpc) is 2.63. The number of pyridine rings is 1. The van der Waals surface area contributed by atoms with E-state index in [1.807, 2.05) is 4.90 Å². The zero-order chi connectivity index (χ0) is 13.8. The number of halogens is 1. The van der Waals surface area contributed by atoms with Crippen molar-refractivity contribution in [1.82, 2.24) is 4.98 Å². The topological polar surface area (TPSA) is 62.7 Å². The van der Waals surface area contributed by atoms with Gasteiger partial charge < -0.3 is 14.7 Å². The molecular weight excluding hydrogens is 268 g/mol. The number of hydrogen-bond acceptors (Lipinski definition) is 4. The van der Waals surface area contributed by atoms with Crippen molar-refractivity contribution >= 4 is 23.4 Å². The molecule has 0 amide bonds. The van der Waals surface area contributed by atoms with Crippen LogP contribution in [0, 0.1) is 0 Å². The highest BCUT2D eigenvalue weighted by molar-refractivity contribution is 6.29. The first kappa shape index (κ1) is 14.1. The van der Waals surface area contributed by atoms with Crippen LogP contribution < -0.4 is 4.90 Å². The highest BCUT2D eigenvalue weighted by Gasteiger charge is 2.20. The second-order valence-corrected chi connectivity index (χ2v) is 4.93.